The molecule has 382 valence electrons. The van der Waals surface area contributed by atoms with Crippen molar-refractivity contribution in [2.75, 3.05) is 26.4 Å². The fourth-order valence-corrected chi connectivity index (χ4v) is 18.0. The number of carbonyl (C=O) groups excluding carboxylic acids is 3. The highest BCUT2D eigenvalue weighted by atomic mass is 16.7. The summed E-state index contributed by atoms with van der Waals surface area (Å²) in [7, 11) is 0. The molecule has 0 radical (unpaired) electrons. The number of hydrogen-bond donors (Lipinski definition) is 5. The summed E-state index contributed by atoms with van der Waals surface area (Å²) < 4.78 is 34.3. The van der Waals surface area contributed by atoms with Crippen LogP contribution in [0.1, 0.15) is 115 Å². The molecular formula is C58H74N2O11. The Balaban J connectivity index is 1.02. The first kappa shape index (κ1) is 48.1. The minimum atomic E-state index is -1.55. The van der Waals surface area contributed by atoms with Gasteiger partial charge in [-0.1, -0.05) is 75.1 Å². The van der Waals surface area contributed by atoms with Gasteiger partial charge in [0.15, 0.2) is 17.5 Å². The number of ether oxygens (including phenoxy) is 4. The van der Waals surface area contributed by atoms with Crippen molar-refractivity contribution < 1.29 is 53.1 Å². The van der Waals surface area contributed by atoms with E-state index < -0.39 is 87.8 Å². The summed E-state index contributed by atoms with van der Waals surface area (Å²) in [6, 6.07) is 12.7. The minimum absolute atomic E-state index is 0.000453. The highest BCUT2D eigenvalue weighted by Crippen LogP contribution is 2.84. The number of aliphatic hydroxyl groups is 3. The lowest BCUT2D eigenvalue weighted by Crippen LogP contribution is -2.81. The van der Waals surface area contributed by atoms with Crippen molar-refractivity contribution in [1.82, 2.24) is 10.6 Å². The zero-order chi connectivity index (χ0) is 49.3. The molecule has 19 atom stereocenters. The lowest BCUT2D eigenvalue weighted by molar-refractivity contribution is -0.295. The smallest absolute Gasteiger partial charge is 0.339 e. The summed E-state index contributed by atoms with van der Waals surface area (Å²) in [6.07, 6.45) is 9.41. The minimum Gasteiger partial charge on any atom is -0.469 e. The van der Waals surface area contributed by atoms with E-state index in [1.54, 1.807) is 6.26 Å². The quantitative estimate of drug-likeness (QED) is 0.0727. The molecule has 13 heteroatoms. The Bertz CT molecular complexity index is 2510. The number of ketones is 1. The molecule has 0 unspecified atom stereocenters. The van der Waals surface area contributed by atoms with Crippen LogP contribution in [-0.4, -0.2) is 101 Å². The van der Waals surface area contributed by atoms with Crippen LogP contribution in [0, 0.1) is 81.3 Å². The number of benzene rings is 1. The van der Waals surface area contributed by atoms with Crippen LogP contribution in [0.4, 0.5) is 0 Å². The SMILES string of the molecule is CC(C)CC[C@]1(C)O[C@H]2CC(=O)OC[C@]23[C@H]2CC[C@]4(C)[C@]56O[C@@H]5C(=O)O[C@]4(c4ccoc4C[C@H]([C@H](O)CO)[C@H]4C=C[C@@H]([C@H]5CNCN5)CC4)CC#C[C@@H]4CC[C@H](Cc5ccccc5)C[C@@H]4[C@@]26[C@H](O)C(=O)[C@@H]31. The van der Waals surface area contributed by atoms with Crippen LogP contribution in [0.25, 0.3) is 0 Å². The van der Waals surface area contributed by atoms with E-state index in [0.717, 1.165) is 51.7 Å². The van der Waals surface area contributed by atoms with Gasteiger partial charge in [-0.05, 0) is 118 Å². The summed E-state index contributed by atoms with van der Waals surface area (Å²) >= 11 is 0. The first-order valence-corrected chi connectivity index (χ1v) is 27.1. The molecule has 6 heterocycles. The first-order chi connectivity index (χ1) is 34.2. The molecule has 13 nitrogen and oxygen atoms in total. The van der Waals surface area contributed by atoms with E-state index in [0.29, 0.717) is 54.9 Å². The van der Waals surface area contributed by atoms with Gasteiger partial charge >= 0.3 is 11.9 Å². The number of esters is 2. The third kappa shape index (κ3) is 6.72. The molecule has 3 spiro atoms. The number of rotatable bonds is 12. The van der Waals surface area contributed by atoms with Crippen LogP contribution in [0.2, 0.25) is 0 Å². The Hall–Kier alpha value is -3.87. The van der Waals surface area contributed by atoms with Crippen LogP contribution in [0.15, 0.2) is 59.2 Å². The fraction of sp³-hybridized carbons (Fsp3) is 0.707. The normalized spacial score (nSPS) is 45.8. The average Bonchev–Trinajstić information content (AvgIpc) is 3.63. The summed E-state index contributed by atoms with van der Waals surface area (Å²) in [5.74, 6) is 5.31. The molecule has 12 rings (SSSR count). The van der Waals surface area contributed by atoms with Gasteiger partial charge in [0, 0.05) is 59.3 Å². The fourth-order valence-electron chi connectivity index (χ4n) is 18.0. The summed E-state index contributed by atoms with van der Waals surface area (Å²) in [4.78, 5) is 45.1. The Morgan fingerprint density at radius 2 is 1.82 bits per heavy atom. The predicted octanol–water partition coefficient (Wildman–Crippen LogP) is 5.95. The van der Waals surface area contributed by atoms with Gasteiger partial charge < -0.3 is 44.0 Å². The van der Waals surface area contributed by atoms with Gasteiger partial charge in [-0.2, -0.15) is 0 Å². The molecule has 5 aliphatic heterocycles. The second-order valence-corrected chi connectivity index (χ2v) is 24.6. The van der Waals surface area contributed by atoms with E-state index in [4.69, 9.17) is 23.4 Å². The second kappa shape index (κ2) is 17.4. The van der Waals surface area contributed by atoms with Gasteiger partial charge in [0.1, 0.15) is 24.1 Å². The molecule has 2 aromatic rings. The molecular weight excluding hydrogens is 901 g/mol. The summed E-state index contributed by atoms with van der Waals surface area (Å²) in [5, 5.41) is 43.1. The third-order valence-electron chi connectivity index (χ3n) is 21.0. The molecule has 8 fully saturated rings. The van der Waals surface area contributed by atoms with E-state index in [1.165, 1.54) is 5.56 Å². The number of allylic oxidation sites excluding steroid dienone is 1. The Kier molecular flexibility index (Phi) is 11.8. The number of cyclic esters (lactones) is 1. The predicted molar refractivity (Wildman–Crippen MR) is 260 cm³/mol. The Morgan fingerprint density at radius 3 is 2.56 bits per heavy atom. The monoisotopic (exact) mass is 975 g/mol. The summed E-state index contributed by atoms with van der Waals surface area (Å²) in [5.41, 5.74) is -5.42. The van der Waals surface area contributed by atoms with Crippen LogP contribution >= 0.6 is 0 Å². The number of aliphatic hydroxyl groups excluding tert-OH is 3. The van der Waals surface area contributed by atoms with Crippen LogP contribution < -0.4 is 10.6 Å². The number of carbonyl (C=O) groups is 3. The molecule has 1 aromatic carbocycles. The lowest BCUT2D eigenvalue weighted by atomic mass is 9.31. The first-order valence-electron chi connectivity index (χ1n) is 27.1. The van der Waals surface area contributed by atoms with Crippen molar-refractivity contribution in [3.05, 3.63) is 71.7 Å². The van der Waals surface area contributed by atoms with Crippen molar-refractivity contribution in [2.45, 2.75) is 158 Å². The van der Waals surface area contributed by atoms with Gasteiger partial charge in [-0.3, -0.25) is 14.9 Å². The Labute approximate surface area is 417 Å². The third-order valence-corrected chi connectivity index (χ3v) is 21.0. The van der Waals surface area contributed by atoms with Crippen LogP contribution in [-0.2, 0) is 51.8 Å². The molecule has 5 aliphatic carbocycles. The van der Waals surface area contributed by atoms with Gasteiger partial charge in [0.25, 0.3) is 0 Å². The molecule has 71 heavy (non-hydrogen) atoms. The van der Waals surface area contributed by atoms with Gasteiger partial charge in [-0.15, -0.1) is 0 Å². The van der Waals surface area contributed by atoms with Gasteiger partial charge in [0.2, 0.25) is 0 Å². The van der Waals surface area contributed by atoms with Gasteiger partial charge in [0.05, 0.1) is 49.4 Å². The highest BCUT2D eigenvalue weighted by molar-refractivity contribution is 5.92. The largest absolute Gasteiger partial charge is 0.469 e. The topological polar surface area (TPSA) is 189 Å². The maximum Gasteiger partial charge on any atom is 0.339 e. The van der Waals surface area contributed by atoms with E-state index in [1.807, 2.05) is 19.1 Å². The maximum atomic E-state index is 16.3. The molecule has 0 amide bonds. The lowest BCUT2D eigenvalue weighted by Gasteiger charge is -2.71. The van der Waals surface area contributed by atoms with Crippen LogP contribution in [0.3, 0.4) is 0 Å². The maximum absolute atomic E-state index is 16.3. The van der Waals surface area contributed by atoms with Crippen molar-refractivity contribution in [1.29, 1.82) is 0 Å². The molecule has 5 saturated heterocycles. The molecule has 3 saturated carbocycles. The van der Waals surface area contributed by atoms with Crippen molar-refractivity contribution in [3.8, 4) is 11.8 Å². The second-order valence-electron chi connectivity index (χ2n) is 24.6. The molecule has 10 aliphatic rings. The number of Topliss-reactive ketones (excluding diaryl/α,β-unsaturated/α-hetero) is 1. The van der Waals surface area contributed by atoms with E-state index >= 15 is 9.59 Å². The average molecular weight is 975 g/mol. The number of furan rings is 1. The Morgan fingerprint density at radius 1 is 0.986 bits per heavy atom. The van der Waals surface area contributed by atoms with E-state index in [9.17, 15) is 20.1 Å². The molecule has 5 N–H and O–H groups in total. The van der Waals surface area contributed by atoms with Crippen molar-refractivity contribution in [3.63, 3.8) is 0 Å². The standard InChI is InChI=1S/C58H74N2O11/c1-33(2)18-22-53(3)49-48(64)50(65)57-41-26-35(25-34-9-6-5-7-10-34)12-13-37(41)11-8-21-56(40-20-24-67-44(40)27-39(43(62)30-61)36-14-16-38(17-15-36)42-29-59-32-60-42)54(4,58(57)51(70-58)52(66)71-56)23-19-45(57)55(49)31-68-47(63)28-46(55)69-53/h5-7,9-10,14,16,20,24,33,35-39,41-43,45-46,49-51,59-62,65H,12-13,15,17-19,21-23,25-32H2,1-4H3/t35-,36+,37-,38-,39+,41+,42-,43-,45-,46+,49-,50-,51-,53+,54+,55+,56+,57+,58-/m1/s1. The number of nitrogens with one attached hydrogen (secondary N) is 2. The zero-order valence-corrected chi connectivity index (χ0v) is 41.9. The number of epoxide rings is 1. The van der Waals surface area contributed by atoms with Gasteiger partial charge in [-0.25, -0.2) is 4.79 Å². The van der Waals surface area contributed by atoms with Crippen molar-refractivity contribution in [2.24, 2.45) is 69.5 Å². The van der Waals surface area contributed by atoms with E-state index in [2.05, 4.69) is 79.7 Å². The zero-order valence-electron chi connectivity index (χ0n) is 41.9. The summed E-state index contributed by atoms with van der Waals surface area (Å²) in [6.45, 7) is 9.71. The van der Waals surface area contributed by atoms with Crippen molar-refractivity contribution >= 4 is 17.7 Å². The molecule has 4 bridgehead atoms. The number of fused-ring (bicyclic) bond motifs is 1. The molecule has 1 aromatic heterocycles. The highest BCUT2D eigenvalue weighted by Gasteiger charge is 2.95. The van der Waals surface area contributed by atoms with Crippen LogP contribution in [0.5, 0.6) is 0 Å². The van der Waals surface area contributed by atoms with E-state index in [-0.39, 0.29) is 61.3 Å². The number of hydrogen-bond acceptors (Lipinski definition) is 13.